The Labute approximate surface area is 201 Å². The quantitative estimate of drug-likeness (QED) is 0.483. The fourth-order valence-corrected chi connectivity index (χ4v) is 4.27. The number of halogens is 1. The molecule has 0 saturated heterocycles. The maximum absolute atomic E-state index is 13.4. The summed E-state index contributed by atoms with van der Waals surface area (Å²) in [6, 6.07) is 13.1. The first-order valence-corrected chi connectivity index (χ1v) is 13.1. The van der Waals surface area contributed by atoms with Crippen LogP contribution in [0, 0.1) is 6.92 Å². The van der Waals surface area contributed by atoms with Crippen molar-refractivity contribution in [2.24, 2.45) is 0 Å². The Hall–Kier alpha value is -2.58. The van der Waals surface area contributed by atoms with Gasteiger partial charge in [-0.05, 0) is 55.7 Å². The van der Waals surface area contributed by atoms with Crippen molar-refractivity contribution < 1.29 is 18.0 Å². The molecule has 2 rings (SSSR count). The molecule has 7 nitrogen and oxygen atoms in total. The summed E-state index contributed by atoms with van der Waals surface area (Å²) in [6.07, 6.45) is 2.83. The maximum atomic E-state index is 13.4. The number of anilines is 1. The number of carbonyl (C=O) groups is 2. The van der Waals surface area contributed by atoms with E-state index in [1.165, 1.54) is 4.90 Å². The van der Waals surface area contributed by atoms with Gasteiger partial charge in [0.2, 0.25) is 21.8 Å². The molecule has 0 spiro atoms. The number of carbonyl (C=O) groups excluding carboxylic acids is 2. The molecule has 1 atom stereocenters. The molecule has 0 radical (unpaired) electrons. The van der Waals surface area contributed by atoms with Crippen LogP contribution < -0.4 is 9.62 Å². The van der Waals surface area contributed by atoms with Gasteiger partial charge in [0.05, 0.1) is 11.9 Å². The molecule has 0 aliphatic rings. The van der Waals surface area contributed by atoms with E-state index in [0.717, 1.165) is 34.5 Å². The summed E-state index contributed by atoms with van der Waals surface area (Å²) in [6.45, 7) is 5.76. The molecule has 0 bridgehead atoms. The fraction of sp³-hybridized carbons (Fsp3) is 0.417. The minimum absolute atomic E-state index is 0.143. The third-order valence-electron chi connectivity index (χ3n) is 5.23. The predicted molar refractivity (Wildman–Crippen MR) is 133 cm³/mol. The lowest BCUT2D eigenvalue weighted by molar-refractivity contribution is -0.139. The van der Waals surface area contributed by atoms with Crippen molar-refractivity contribution in [2.45, 2.75) is 46.2 Å². The minimum Gasteiger partial charge on any atom is -0.354 e. The molecule has 0 heterocycles. The molecule has 9 heteroatoms. The van der Waals surface area contributed by atoms with Crippen LogP contribution in [0.4, 0.5) is 5.69 Å². The first-order valence-electron chi connectivity index (χ1n) is 10.9. The molecule has 0 fully saturated rings. The van der Waals surface area contributed by atoms with E-state index in [9.17, 15) is 18.0 Å². The number of rotatable bonds is 11. The van der Waals surface area contributed by atoms with Crippen molar-refractivity contribution in [2.75, 3.05) is 23.7 Å². The summed E-state index contributed by atoms with van der Waals surface area (Å²) >= 11 is 5.98. The van der Waals surface area contributed by atoms with Gasteiger partial charge in [-0.2, -0.15) is 0 Å². The van der Waals surface area contributed by atoms with E-state index in [4.69, 9.17) is 11.6 Å². The summed E-state index contributed by atoms with van der Waals surface area (Å²) in [4.78, 5) is 27.6. The average molecular weight is 494 g/mol. The first-order chi connectivity index (χ1) is 15.5. The van der Waals surface area contributed by atoms with Gasteiger partial charge in [-0.1, -0.05) is 49.2 Å². The van der Waals surface area contributed by atoms with Gasteiger partial charge in [0.25, 0.3) is 0 Å². The third-order valence-corrected chi connectivity index (χ3v) is 6.62. The Morgan fingerprint density at radius 1 is 1.12 bits per heavy atom. The van der Waals surface area contributed by atoms with Gasteiger partial charge in [-0.15, -0.1) is 0 Å². The van der Waals surface area contributed by atoms with Crippen LogP contribution >= 0.6 is 11.6 Å². The molecule has 0 saturated carbocycles. The highest BCUT2D eigenvalue weighted by Crippen LogP contribution is 2.20. The van der Waals surface area contributed by atoms with Crippen molar-refractivity contribution in [1.29, 1.82) is 0 Å². The molecule has 33 heavy (non-hydrogen) atoms. The standard InChI is InChI=1S/C24H32ClN3O4S/c1-5-6-14-26-24(30)19(3)27(16-20-10-12-21(25)13-11-20)23(29)17-28(33(4,31)32)22-9-7-8-18(2)15-22/h7-13,15,19H,5-6,14,16-17H2,1-4H3,(H,26,30)/t19-/m1/s1. The van der Waals surface area contributed by atoms with Crippen molar-refractivity contribution in [3.63, 3.8) is 0 Å². The van der Waals surface area contributed by atoms with E-state index >= 15 is 0 Å². The second-order valence-corrected chi connectivity index (χ2v) is 10.4. The molecule has 2 amide bonds. The highest BCUT2D eigenvalue weighted by atomic mass is 35.5. The second kappa shape index (κ2) is 12.0. The molecule has 1 N–H and O–H groups in total. The van der Waals surface area contributed by atoms with E-state index in [2.05, 4.69) is 5.32 Å². The number of aryl methyl sites for hydroxylation is 1. The van der Waals surface area contributed by atoms with Gasteiger partial charge in [0, 0.05) is 18.1 Å². The number of nitrogens with one attached hydrogen (secondary N) is 1. The Kier molecular flexibility index (Phi) is 9.73. The molecule has 180 valence electrons. The van der Waals surface area contributed by atoms with Crippen molar-refractivity contribution in [3.8, 4) is 0 Å². The number of amides is 2. The zero-order valence-corrected chi connectivity index (χ0v) is 21.1. The molecule has 0 aliphatic carbocycles. The Bertz CT molecular complexity index is 1060. The van der Waals surface area contributed by atoms with Gasteiger partial charge < -0.3 is 10.2 Å². The number of nitrogens with zero attached hydrogens (tertiary/aromatic N) is 2. The SMILES string of the molecule is CCCCNC(=O)[C@@H](C)N(Cc1ccc(Cl)cc1)C(=O)CN(c1cccc(C)c1)S(C)(=O)=O. The van der Waals surface area contributed by atoms with Crippen LogP contribution in [-0.2, 0) is 26.2 Å². The number of unbranched alkanes of at least 4 members (excludes halogenated alkanes) is 1. The molecule has 0 aliphatic heterocycles. The van der Waals surface area contributed by atoms with Gasteiger partial charge >= 0.3 is 0 Å². The maximum Gasteiger partial charge on any atom is 0.244 e. The minimum atomic E-state index is -3.74. The zero-order chi connectivity index (χ0) is 24.6. The van der Waals surface area contributed by atoms with Crippen LogP contribution in [-0.4, -0.2) is 50.5 Å². The summed E-state index contributed by atoms with van der Waals surface area (Å²) in [7, 11) is -3.74. The van der Waals surface area contributed by atoms with E-state index in [0.29, 0.717) is 17.3 Å². The zero-order valence-electron chi connectivity index (χ0n) is 19.5. The van der Waals surface area contributed by atoms with Crippen LogP contribution in [0.15, 0.2) is 48.5 Å². The Morgan fingerprint density at radius 2 is 1.79 bits per heavy atom. The monoisotopic (exact) mass is 493 g/mol. The number of hydrogen-bond donors (Lipinski definition) is 1. The summed E-state index contributed by atoms with van der Waals surface area (Å²) in [5, 5.41) is 3.41. The van der Waals surface area contributed by atoms with Crippen LogP contribution in [0.25, 0.3) is 0 Å². The summed E-state index contributed by atoms with van der Waals surface area (Å²) in [5.41, 5.74) is 2.05. The Balaban J connectivity index is 2.33. The lowest BCUT2D eigenvalue weighted by atomic mass is 10.1. The number of benzene rings is 2. The highest BCUT2D eigenvalue weighted by Gasteiger charge is 2.30. The predicted octanol–water partition coefficient (Wildman–Crippen LogP) is 3.75. The lowest BCUT2D eigenvalue weighted by Crippen LogP contribution is -2.51. The molecule has 0 unspecified atom stereocenters. The van der Waals surface area contributed by atoms with E-state index < -0.39 is 28.5 Å². The van der Waals surface area contributed by atoms with Crippen molar-refractivity contribution in [3.05, 3.63) is 64.7 Å². The lowest BCUT2D eigenvalue weighted by Gasteiger charge is -2.31. The Morgan fingerprint density at radius 3 is 2.36 bits per heavy atom. The third kappa shape index (κ3) is 8.05. The van der Waals surface area contributed by atoms with Crippen LogP contribution in [0.5, 0.6) is 0 Å². The van der Waals surface area contributed by atoms with Crippen LogP contribution in [0.3, 0.4) is 0 Å². The van der Waals surface area contributed by atoms with Gasteiger partial charge in [0.15, 0.2) is 0 Å². The van der Waals surface area contributed by atoms with E-state index in [1.807, 2.05) is 19.9 Å². The van der Waals surface area contributed by atoms with Crippen molar-refractivity contribution in [1.82, 2.24) is 10.2 Å². The normalized spacial score (nSPS) is 12.2. The van der Waals surface area contributed by atoms with E-state index in [1.54, 1.807) is 49.4 Å². The number of sulfonamides is 1. The van der Waals surface area contributed by atoms with Crippen LogP contribution in [0.1, 0.15) is 37.8 Å². The fourth-order valence-electron chi connectivity index (χ4n) is 3.30. The van der Waals surface area contributed by atoms with Crippen LogP contribution in [0.2, 0.25) is 5.02 Å². The largest absolute Gasteiger partial charge is 0.354 e. The second-order valence-electron chi connectivity index (χ2n) is 8.08. The van der Waals surface area contributed by atoms with Gasteiger partial charge in [-0.25, -0.2) is 8.42 Å². The topological polar surface area (TPSA) is 86.8 Å². The summed E-state index contributed by atoms with van der Waals surface area (Å²) < 4.78 is 26.1. The molecule has 0 aromatic heterocycles. The smallest absolute Gasteiger partial charge is 0.244 e. The van der Waals surface area contributed by atoms with Gasteiger partial charge in [0.1, 0.15) is 12.6 Å². The molecular weight excluding hydrogens is 462 g/mol. The van der Waals surface area contributed by atoms with Gasteiger partial charge in [-0.3, -0.25) is 13.9 Å². The number of hydrogen-bond acceptors (Lipinski definition) is 4. The van der Waals surface area contributed by atoms with E-state index in [-0.39, 0.29) is 12.5 Å². The first kappa shape index (κ1) is 26.7. The van der Waals surface area contributed by atoms with Crippen molar-refractivity contribution >= 4 is 39.1 Å². The summed E-state index contributed by atoms with van der Waals surface area (Å²) in [5.74, 6) is -0.762. The molecule has 2 aromatic carbocycles. The highest BCUT2D eigenvalue weighted by molar-refractivity contribution is 7.92. The average Bonchev–Trinajstić information content (AvgIpc) is 2.75. The molecular formula is C24H32ClN3O4S. The molecule has 2 aromatic rings.